The van der Waals surface area contributed by atoms with Crippen molar-refractivity contribution in [3.8, 4) is 17.3 Å². The highest BCUT2D eigenvalue weighted by Gasteiger charge is 2.27. The third-order valence-electron chi connectivity index (χ3n) is 6.13. The molecule has 1 atom stereocenters. The second kappa shape index (κ2) is 10.9. The number of carbonyl (C=O) groups excluding carboxylic acids is 1. The summed E-state index contributed by atoms with van der Waals surface area (Å²) >= 11 is 0. The summed E-state index contributed by atoms with van der Waals surface area (Å²) < 4.78 is 13.0. The van der Waals surface area contributed by atoms with Gasteiger partial charge in [0.1, 0.15) is 17.6 Å². The number of hydrogen-bond donors (Lipinski definition) is 0. The van der Waals surface area contributed by atoms with E-state index in [0.717, 1.165) is 18.8 Å². The van der Waals surface area contributed by atoms with Crippen molar-refractivity contribution >= 4 is 5.97 Å². The quantitative estimate of drug-likeness (QED) is 0.392. The maximum atomic E-state index is 12.6. The molecule has 0 bridgehead atoms. The minimum Gasteiger partial charge on any atom is -0.460 e. The molecule has 0 amide bonds. The molecule has 3 aromatic heterocycles. The highest BCUT2D eigenvalue weighted by molar-refractivity contribution is 5.70. The molecule has 1 saturated carbocycles. The molecule has 0 spiro atoms. The molecular formula is C25H34N6O3. The maximum absolute atomic E-state index is 12.6. The van der Waals surface area contributed by atoms with E-state index in [-0.39, 0.29) is 18.3 Å². The molecular weight excluding hydrogens is 432 g/mol. The van der Waals surface area contributed by atoms with Gasteiger partial charge in [0.15, 0.2) is 5.82 Å². The molecule has 182 valence electrons. The standard InChI is InChI=1S/C25H34N6O3/c1-25(2,3)33-22(32)14-19(11-7-10-18-8-5-4-6-9-18)24-29-23(30-34-24)20-15-27-16-21(28-20)31-13-12-26-17-31/h12-13,15-19H,4-11,14H2,1-3H3/t19-/m1/s1. The van der Waals surface area contributed by atoms with Gasteiger partial charge in [0.25, 0.3) is 0 Å². The molecule has 34 heavy (non-hydrogen) atoms. The second-order valence-corrected chi connectivity index (χ2v) is 10.1. The van der Waals surface area contributed by atoms with Crippen molar-refractivity contribution < 1.29 is 14.1 Å². The van der Waals surface area contributed by atoms with Gasteiger partial charge in [-0.05, 0) is 33.1 Å². The Kier molecular flexibility index (Phi) is 7.70. The van der Waals surface area contributed by atoms with E-state index < -0.39 is 5.60 Å². The smallest absolute Gasteiger partial charge is 0.307 e. The Hall–Kier alpha value is -3.10. The van der Waals surface area contributed by atoms with Crippen molar-refractivity contribution in [2.75, 3.05) is 0 Å². The van der Waals surface area contributed by atoms with Crippen LogP contribution in [0, 0.1) is 5.92 Å². The van der Waals surface area contributed by atoms with Gasteiger partial charge in [0.2, 0.25) is 11.7 Å². The van der Waals surface area contributed by atoms with Gasteiger partial charge >= 0.3 is 5.97 Å². The van der Waals surface area contributed by atoms with E-state index in [1.54, 1.807) is 35.7 Å². The summed E-state index contributed by atoms with van der Waals surface area (Å²) in [7, 11) is 0. The molecule has 0 aliphatic heterocycles. The zero-order valence-corrected chi connectivity index (χ0v) is 20.3. The summed E-state index contributed by atoms with van der Waals surface area (Å²) in [4.78, 5) is 30.1. The first-order valence-electron chi connectivity index (χ1n) is 12.2. The van der Waals surface area contributed by atoms with Crippen LogP contribution >= 0.6 is 0 Å². The Morgan fingerprint density at radius 1 is 1.18 bits per heavy atom. The first-order valence-corrected chi connectivity index (χ1v) is 12.2. The van der Waals surface area contributed by atoms with Crippen LogP contribution in [0.3, 0.4) is 0 Å². The second-order valence-electron chi connectivity index (χ2n) is 10.1. The van der Waals surface area contributed by atoms with E-state index in [9.17, 15) is 4.79 Å². The highest BCUT2D eigenvalue weighted by Crippen LogP contribution is 2.32. The van der Waals surface area contributed by atoms with Crippen LogP contribution in [-0.4, -0.2) is 41.2 Å². The molecule has 9 heteroatoms. The lowest BCUT2D eigenvalue weighted by molar-refractivity contribution is -0.155. The number of aromatic nitrogens is 6. The largest absolute Gasteiger partial charge is 0.460 e. The predicted octanol–water partition coefficient (Wildman–Crippen LogP) is 5.28. The lowest BCUT2D eigenvalue weighted by atomic mass is 9.84. The van der Waals surface area contributed by atoms with Gasteiger partial charge in [-0.3, -0.25) is 14.3 Å². The Balaban J connectivity index is 1.48. The fourth-order valence-corrected chi connectivity index (χ4v) is 4.51. The van der Waals surface area contributed by atoms with Crippen molar-refractivity contribution in [2.24, 2.45) is 5.92 Å². The van der Waals surface area contributed by atoms with Crippen molar-refractivity contribution in [1.82, 2.24) is 29.7 Å². The molecule has 1 aliphatic rings. The molecule has 0 N–H and O–H groups in total. The van der Waals surface area contributed by atoms with Crippen molar-refractivity contribution in [1.29, 1.82) is 0 Å². The fourth-order valence-electron chi connectivity index (χ4n) is 4.51. The van der Waals surface area contributed by atoms with Crippen LogP contribution in [-0.2, 0) is 9.53 Å². The van der Waals surface area contributed by atoms with Crippen LogP contribution < -0.4 is 0 Å². The van der Waals surface area contributed by atoms with Crippen LogP contribution in [0.1, 0.15) is 90.4 Å². The molecule has 1 aliphatic carbocycles. The number of nitrogens with zero attached hydrogens (tertiary/aromatic N) is 6. The lowest BCUT2D eigenvalue weighted by Crippen LogP contribution is -2.25. The number of imidazole rings is 1. The van der Waals surface area contributed by atoms with Gasteiger partial charge in [-0.2, -0.15) is 4.98 Å². The van der Waals surface area contributed by atoms with Crippen LogP contribution in [0.2, 0.25) is 0 Å². The van der Waals surface area contributed by atoms with Gasteiger partial charge in [-0.25, -0.2) is 9.97 Å². The summed E-state index contributed by atoms with van der Waals surface area (Å²) in [6, 6.07) is 0. The van der Waals surface area contributed by atoms with E-state index in [1.807, 2.05) is 20.8 Å². The van der Waals surface area contributed by atoms with E-state index >= 15 is 0 Å². The molecule has 4 rings (SSSR count). The monoisotopic (exact) mass is 466 g/mol. The van der Waals surface area contributed by atoms with Gasteiger partial charge < -0.3 is 9.26 Å². The van der Waals surface area contributed by atoms with Crippen LogP contribution in [0.5, 0.6) is 0 Å². The van der Waals surface area contributed by atoms with Crippen LogP contribution in [0.25, 0.3) is 17.3 Å². The summed E-state index contributed by atoms with van der Waals surface area (Å²) in [5.74, 6) is 1.75. The van der Waals surface area contributed by atoms with Crippen LogP contribution in [0.4, 0.5) is 0 Å². The average molecular weight is 467 g/mol. The topological polar surface area (TPSA) is 109 Å². The summed E-state index contributed by atoms with van der Waals surface area (Å²) in [6.45, 7) is 5.62. The highest BCUT2D eigenvalue weighted by atomic mass is 16.6. The summed E-state index contributed by atoms with van der Waals surface area (Å²) in [6.07, 6.45) is 18.2. The Morgan fingerprint density at radius 3 is 2.74 bits per heavy atom. The molecule has 0 unspecified atom stereocenters. The summed E-state index contributed by atoms with van der Waals surface area (Å²) in [5, 5.41) is 4.14. The first kappa shape index (κ1) is 24.0. The van der Waals surface area contributed by atoms with Crippen LogP contribution in [0.15, 0.2) is 35.6 Å². The molecule has 9 nitrogen and oxygen atoms in total. The molecule has 0 aromatic carbocycles. The van der Waals surface area contributed by atoms with Gasteiger partial charge in [0.05, 0.1) is 18.8 Å². The van der Waals surface area contributed by atoms with E-state index in [0.29, 0.717) is 23.2 Å². The van der Waals surface area contributed by atoms with Gasteiger partial charge in [-0.1, -0.05) is 50.1 Å². The Labute approximate surface area is 200 Å². The third-order valence-corrected chi connectivity index (χ3v) is 6.13. The molecule has 0 saturated heterocycles. The number of carbonyl (C=O) groups is 1. The lowest BCUT2D eigenvalue weighted by Gasteiger charge is -2.23. The molecule has 3 aromatic rings. The fraction of sp³-hybridized carbons (Fsp3) is 0.600. The zero-order valence-electron chi connectivity index (χ0n) is 20.3. The van der Waals surface area contributed by atoms with Crippen molar-refractivity contribution in [3.63, 3.8) is 0 Å². The minimum absolute atomic E-state index is 0.190. The molecule has 3 heterocycles. The average Bonchev–Trinajstić information content (AvgIpc) is 3.51. The first-order chi connectivity index (χ1) is 16.4. The van der Waals surface area contributed by atoms with E-state index in [4.69, 9.17) is 9.26 Å². The number of esters is 1. The Morgan fingerprint density at radius 2 is 2.00 bits per heavy atom. The van der Waals surface area contributed by atoms with E-state index in [2.05, 4.69) is 25.1 Å². The maximum Gasteiger partial charge on any atom is 0.307 e. The normalized spacial score (nSPS) is 15.9. The molecule has 1 fully saturated rings. The number of ether oxygens (including phenoxy) is 1. The van der Waals surface area contributed by atoms with Gasteiger partial charge in [0, 0.05) is 18.3 Å². The predicted molar refractivity (Wildman–Crippen MR) is 126 cm³/mol. The number of hydrogen-bond acceptors (Lipinski definition) is 8. The molecule has 0 radical (unpaired) electrons. The van der Waals surface area contributed by atoms with Gasteiger partial charge in [-0.15, -0.1) is 0 Å². The minimum atomic E-state index is -0.535. The SMILES string of the molecule is CC(C)(C)OC(=O)C[C@@H](CCCC1CCCCC1)c1nc(-c2cncc(-n3ccnc3)n2)no1. The Bertz CT molecular complexity index is 1050. The number of rotatable bonds is 9. The third kappa shape index (κ3) is 6.71. The van der Waals surface area contributed by atoms with E-state index in [1.165, 1.54) is 38.5 Å². The zero-order chi connectivity index (χ0) is 24.0. The van der Waals surface area contributed by atoms with Crippen molar-refractivity contribution in [2.45, 2.75) is 90.1 Å². The summed E-state index contributed by atoms with van der Waals surface area (Å²) in [5.41, 5.74) is -0.0352. The van der Waals surface area contributed by atoms with Crippen molar-refractivity contribution in [3.05, 3.63) is 37.0 Å².